The standard InChI is InChI=1S/C23H26N6OS/c1-4-5-13-31-23-27-22-25-16(3)19(21(30)26-18-10-8-15(2)9-11-18)20(29(22)28-23)17-7-6-12-24-14-17/h6-12,14,20H,4-5,13H2,1-3H3,(H,26,30)(H,25,27,28). The highest BCUT2D eigenvalue weighted by atomic mass is 32.2. The Morgan fingerprint density at radius 1 is 1.23 bits per heavy atom. The number of anilines is 2. The summed E-state index contributed by atoms with van der Waals surface area (Å²) in [4.78, 5) is 22.3. The monoisotopic (exact) mass is 434 g/mol. The number of carbonyl (C=O) groups excluding carboxylic acids is 1. The minimum absolute atomic E-state index is 0.177. The Hall–Kier alpha value is -3.13. The molecule has 1 amide bonds. The predicted octanol–water partition coefficient (Wildman–Crippen LogP) is 4.80. The molecule has 0 fully saturated rings. The molecule has 1 aromatic carbocycles. The fourth-order valence-electron chi connectivity index (χ4n) is 3.48. The van der Waals surface area contributed by atoms with Crippen LogP contribution < -0.4 is 10.6 Å². The van der Waals surface area contributed by atoms with Gasteiger partial charge in [-0.3, -0.25) is 9.78 Å². The molecule has 0 saturated carbocycles. The number of hydrogen-bond acceptors (Lipinski definition) is 6. The number of aromatic nitrogens is 4. The van der Waals surface area contributed by atoms with Crippen LogP contribution in [0.4, 0.5) is 11.6 Å². The number of benzene rings is 1. The van der Waals surface area contributed by atoms with Gasteiger partial charge in [0, 0.05) is 29.5 Å². The van der Waals surface area contributed by atoms with Gasteiger partial charge in [-0.2, -0.15) is 4.98 Å². The van der Waals surface area contributed by atoms with Crippen LogP contribution in [0.5, 0.6) is 0 Å². The number of pyridine rings is 1. The van der Waals surface area contributed by atoms with Crippen molar-refractivity contribution < 1.29 is 4.79 Å². The summed E-state index contributed by atoms with van der Waals surface area (Å²) >= 11 is 1.63. The fraction of sp³-hybridized carbons (Fsp3) is 0.304. The molecule has 2 aromatic heterocycles. The molecule has 1 aliphatic rings. The Kier molecular flexibility index (Phi) is 6.36. The second-order valence-corrected chi connectivity index (χ2v) is 8.60. The molecule has 0 radical (unpaired) electrons. The third kappa shape index (κ3) is 4.64. The number of thioether (sulfide) groups is 1. The molecule has 8 heteroatoms. The number of unbranched alkanes of at least 4 members (excludes halogenated alkanes) is 1. The minimum atomic E-state index is -0.413. The summed E-state index contributed by atoms with van der Waals surface area (Å²) in [5, 5.41) is 11.7. The van der Waals surface area contributed by atoms with E-state index >= 15 is 0 Å². The third-order valence-corrected chi connectivity index (χ3v) is 6.04. The van der Waals surface area contributed by atoms with Crippen molar-refractivity contribution in [1.82, 2.24) is 19.7 Å². The Bertz CT molecular complexity index is 1090. The number of carbonyl (C=O) groups is 1. The van der Waals surface area contributed by atoms with Crippen LogP contribution >= 0.6 is 11.8 Å². The molecule has 160 valence electrons. The van der Waals surface area contributed by atoms with Gasteiger partial charge in [-0.25, -0.2) is 4.68 Å². The molecule has 1 unspecified atom stereocenters. The molecule has 7 nitrogen and oxygen atoms in total. The molecule has 3 aromatic rings. The summed E-state index contributed by atoms with van der Waals surface area (Å²) in [7, 11) is 0. The normalized spacial score (nSPS) is 15.4. The van der Waals surface area contributed by atoms with Crippen molar-refractivity contribution in [1.29, 1.82) is 0 Å². The summed E-state index contributed by atoms with van der Waals surface area (Å²) in [6, 6.07) is 11.2. The van der Waals surface area contributed by atoms with Gasteiger partial charge in [-0.15, -0.1) is 5.10 Å². The van der Waals surface area contributed by atoms with Gasteiger partial charge in [0.1, 0.15) is 6.04 Å². The molecule has 2 N–H and O–H groups in total. The molecule has 0 saturated heterocycles. The third-order valence-electron chi connectivity index (χ3n) is 5.12. The van der Waals surface area contributed by atoms with Crippen molar-refractivity contribution in [3.63, 3.8) is 0 Å². The van der Waals surface area contributed by atoms with E-state index in [2.05, 4.69) is 27.5 Å². The summed E-state index contributed by atoms with van der Waals surface area (Å²) in [5.41, 5.74) is 4.12. The van der Waals surface area contributed by atoms with Crippen LogP contribution in [0.25, 0.3) is 0 Å². The van der Waals surface area contributed by atoms with Crippen LogP contribution in [-0.2, 0) is 4.79 Å². The molecule has 0 spiro atoms. The van der Waals surface area contributed by atoms with Crippen molar-refractivity contribution >= 4 is 29.3 Å². The molecule has 1 aliphatic heterocycles. The van der Waals surface area contributed by atoms with Gasteiger partial charge in [-0.1, -0.05) is 48.9 Å². The number of fused-ring (bicyclic) bond motifs is 1. The number of aryl methyl sites for hydroxylation is 1. The summed E-state index contributed by atoms with van der Waals surface area (Å²) in [6.07, 6.45) is 5.73. The van der Waals surface area contributed by atoms with Crippen molar-refractivity contribution in [3.05, 3.63) is 71.2 Å². The zero-order valence-electron chi connectivity index (χ0n) is 17.9. The van der Waals surface area contributed by atoms with Gasteiger partial charge < -0.3 is 10.6 Å². The first kappa shape index (κ1) is 21.1. The highest BCUT2D eigenvalue weighted by Gasteiger charge is 2.34. The molecule has 4 rings (SSSR count). The minimum Gasteiger partial charge on any atom is -0.328 e. The first-order valence-electron chi connectivity index (χ1n) is 10.4. The molecule has 1 atom stereocenters. The van der Waals surface area contributed by atoms with E-state index in [0.29, 0.717) is 16.7 Å². The van der Waals surface area contributed by atoms with Crippen molar-refractivity contribution in [2.24, 2.45) is 0 Å². The van der Waals surface area contributed by atoms with Gasteiger partial charge in [0.15, 0.2) is 0 Å². The summed E-state index contributed by atoms with van der Waals surface area (Å²) in [6.45, 7) is 6.08. The summed E-state index contributed by atoms with van der Waals surface area (Å²) in [5.74, 6) is 1.42. The molecular formula is C23H26N6OS. The van der Waals surface area contributed by atoms with Crippen LogP contribution in [-0.4, -0.2) is 31.4 Å². The van der Waals surface area contributed by atoms with Gasteiger partial charge >= 0.3 is 0 Å². The maximum atomic E-state index is 13.4. The first-order valence-corrected chi connectivity index (χ1v) is 11.4. The lowest BCUT2D eigenvalue weighted by atomic mass is 9.96. The average molecular weight is 435 g/mol. The van der Waals surface area contributed by atoms with Crippen LogP contribution in [0.15, 0.2) is 65.2 Å². The van der Waals surface area contributed by atoms with Crippen molar-refractivity contribution in [2.45, 2.75) is 44.8 Å². The number of allylic oxidation sites excluding steroid dienone is 1. The lowest BCUT2D eigenvalue weighted by Gasteiger charge is -2.28. The molecule has 31 heavy (non-hydrogen) atoms. The highest BCUT2D eigenvalue weighted by molar-refractivity contribution is 7.99. The quantitative estimate of drug-likeness (QED) is 0.410. The van der Waals surface area contributed by atoms with E-state index < -0.39 is 6.04 Å². The van der Waals surface area contributed by atoms with Crippen molar-refractivity contribution in [2.75, 3.05) is 16.4 Å². The SMILES string of the molecule is CCCCSc1nc2n(n1)C(c1cccnc1)C(C(=O)Nc1ccc(C)cc1)=C(C)N2. The molecule has 3 heterocycles. The van der Waals surface area contributed by atoms with Gasteiger partial charge in [-0.05, 0) is 44.0 Å². The van der Waals surface area contributed by atoms with E-state index in [9.17, 15) is 4.79 Å². The molecular weight excluding hydrogens is 408 g/mol. The number of hydrogen-bond donors (Lipinski definition) is 2. The molecule has 0 aliphatic carbocycles. The second-order valence-electron chi connectivity index (χ2n) is 7.54. The Labute approximate surface area is 186 Å². The van der Waals surface area contributed by atoms with Gasteiger partial charge in [0.05, 0.1) is 5.57 Å². The lowest BCUT2D eigenvalue weighted by Crippen LogP contribution is -2.31. The van der Waals surface area contributed by atoms with Crippen LogP contribution in [0, 0.1) is 6.92 Å². The number of nitrogens with zero attached hydrogens (tertiary/aromatic N) is 4. The van der Waals surface area contributed by atoms with Crippen LogP contribution in [0.1, 0.15) is 43.9 Å². The van der Waals surface area contributed by atoms with Crippen molar-refractivity contribution in [3.8, 4) is 0 Å². The Morgan fingerprint density at radius 3 is 2.74 bits per heavy atom. The first-order chi connectivity index (χ1) is 15.1. The maximum Gasteiger partial charge on any atom is 0.255 e. The van der Waals surface area contributed by atoms with Gasteiger partial charge in [0.2, 0.25) is 11.1 Å². The van der Waals surface area contributed by atoms with E-state index in [1.54, 1.807) is 28.8 Å². The summed E-state index contributed by atoms with van der Waals surface area (Å²) < 4.78 is 1.79. The van der Waals surface area contributed by atoms with E-state index in [-0.39, 0.29) is 5.91 Å². The van der Waals surface area contributed by atoms with E-state index in [1.807, 2.05) is 50.2 Å². The van der Waals surface area contributed by atoms with Crippen LogP contribution in [0.2, 0.25) is 0 Å². The fourth-order valence-corrected chi connectivity index (χ4v) is 4.39. The van der Waals surface area contributed by atoms with Gasteiger partial charge in [0.25, 0.3) is 5.91 Å². The lowest BCUT2D eigenvalue weighted by molar-refractivity contribution is -0.113. The van der Waals surface area contributed by atoms with Crippen LogP contribution in [0.3, 0.4) is 0 Å². The Balaban J connectivity index is 1.69. The highest BCUT2D eigenvalue weighted by Crippen LogP contribution is 2.36. The second kappa shape index (κ2) is 9.34. The maximum absolute atomic E-state index is 13.4. The largest absolute Gasteiger partial charge is 0.328 e. The topological polar surface area (TPSA) is 84.7 Å². The van der Waals surface area contributed by atoms with E-state index in [1.165, 1.54) is 0 Å². The smallest absolute Gasteiger partial charge is 0.255 e. The number of nitrogens with one attached hydrogen (secondary N) is 2. The zero-order valence-corrected chi connectivity index (χ0v) is 18.7. The molecule has 0 bridgehead atoms. The Morgan fingerprint density at radius 2 is 2.03 bits per heavy atom. The predicted molar refractivity (Wildman–Crippen MR) is 124 cm³/mol. The van der Waals surface area contributed by atoms with E-state index in [0.717, 1.165) is 41.1 Å². The number of rotatable bonds is 7. The van der Waals surface area contributed by atoms with E-state index in [4.69, 9.17) is 5.10 Å². The number of amides is 1. The average Bonchev–Trinajstić information content (AvgIpc) is 3.17. The zero-order chi connectivity index (χ0) is 21.8.